The van der Waals surface area contributed by atoms with E-state index in [-0.39, 0.29) is 12.4 Å². The van der Waals surface area contributed by atoms with Gasteiger partial charge >= 0.3 is 6.18 Å². The van der Waals surface area contributed by atoms with E-state index in [1.54, 1.807) is 12.3 Å². The summed E-state index contributed by atoms with van der Waals surface area (Å²) < 4.78 is 48.0. The first-order chi connectivity index (χ1) is 12.9. The van der Waals surface area contributed by atoms with Gasteiger partial charge in [-0.15, -0.1) is 0 Å². The molecular formula is C18H18F3N3O3. The van der Waals surface area contributed by atoms with Crippen molar-refractivity contribution in [3.63, 3.8) is 0 Å². The van der Waals surface area contributed by atoms with E-state index >= 15 is 0 Å². The van der Waals surface area contributed by atoms with Gasteiger partial charge in [0.25, 0.3) is 5.91 Å². The predicted octanol–water partition coefficient (Wildman–Crippen LogP) is 2.95. The number of rotatable bonds is 5. The number of hydrogen-bond donors (Lipinski definition) is 1. The average molecular weight is 381 g/mol. The highest BCUT2D eigenvalue weighted by atomic mass is 19.4. The number of aromatic nitrogens is 1. The third kappa shape index (κ3) is 5.33. The van der Waals surface area contributed by atoms with E-state index in [1.165, 1.54) is 12.1 Å². The molecule has 6 nitrogen and oxygen atoms in total. The van der Waals surface area contributed by atoms with E-state index in [0.717, 1.165) is 30.9 Å². The second kappa shape index (κ2) is 8.26. The molecule has 0 spiro atoms. The molecule has 1 N–H and O–H groups in total. The zero-order valence-electron chi connectivity index (χ0n) is 14.3. The largest absolute Gasteiger partial charge is 0.484 e. The van der Waals surface area contributed by atoms with E-state index in [2.05, 4.69) is 15.2 Å². The molecule has 0 aliphatic carbocycles. The number of anilines is 2. The Morgan fingerprint density at radius 1 is 1.15 bits per heavy atom. The van der Waals surface area contributed by atoms with Crippen LogP contribution in [-0.4, -0.2) is 43.8 Å². The molecule has 0 radical (unpaired) electrons. The average Bonchev–Trinajstić information content (AvgIpc) is 2.67. The number of alkyl halides is 3. The zero-order chi connectivity index (χ0) is 19.3. The van der Waals surface area contributed by atoms with Crippen molar-refractivity contribution in [1.82, 2.24) is 4.98 Å². The minimum Gasteiger partial charge on any atom is -0.484 e. The van der Waals surface area contributed by atoms with E-state index < -0.39 is 17.6 Å². The Morgan fingerprint density at radius 3 is 2.44 bits per heavy atom. The van der Waals surface area contributed by atoms with Gasteiger partial charge in [-0.25, -0.2) is 4.98 Å². The van der Waals surface area contributed by atoms with Crippen LogP contribution in [0.5, 0.6) is 5.75 Å². The van der Waals surface area contributed by atoms with Crippen LogP contribution in [0.3, 0.4) is 0 Å². The first kappa shape index (κ1) is 19.0. The number of morpholine rings is 1. The lowest BCUT2D eigenvalue weighted by molar-refractivity contribution is -0.137. The number of nitrogens with zero attached hydrogens (tertiary/aromatic N) is 2. The van der Waals surface area contributed by atoms with Crippen LogP contribution >= 0.6 is 0 Å². The molecule has 1 aromatic heterocycles. The lowest BCUT2D eigenvalue weighted by Crippen LogP contribution is -2.36. The maximum atomic E-state index is 12.5. The third-order valence-corrected chi connectivity index (χ3v) is 3.94. The Hall–Kier alpha value is -2.81. The number of carbonyl (C=O) groups excluding carboxylic acids is 1. The highest BCUT2D eigenvalue weighted by Crippen LogP contribution is 2.30. The van der Waals surface area contributed by atoms with Crippen LogP contribution < -0.4 is 15.0 Å². The van der Waals surface area contributed by atoms with Crippen LogP contribution in [0.4, 0.5) is 24.7 Å². The summed E-state index contributed by atoms with van der Waals surface area (Å²) in [7, 11) is 0. The van der Waals surface area contributed by atoms with Crippen molar-refractivity contribution in [2.75, 3.05) is 43.1 Å². The quantitative estimate of drug-likeness (QED) is 0.863. The minimum atomic E-state index is -4.41. The molecule has 2 aromatic rings. The van der Waals surface area contributed by atoms with E-state index in [4.69, 9.17) is 9.47 Å². The smallest absolute Gasteiger partial charge is 0.416 e. The first-order valence-corrected chi connectivity index (χ1v) is 8.30. The molecule has 0 saturated carbocycles. The molecule has 0 atom stereocenters. The van der Waals surface area contributed by atoms with Crippen molar-refractivity contribution in [2.45, 2.75) is 6.18 Å². The van der Waals surface area contributed by atoms with Gasteiger partial charge < -0.3 is 19.7 Å². The third-order valence-electron chi connectivity index (χ3n) is 3.94. The fourth-order valence-corrected chi connectivity index (χ4v) is 2.54. The van der Waals surface area contributed by atoms with Crippen molar-refractivity contribution in [3.05, 3.63) is 48.2 Å². The molecule has 9 heteroatoms. The molecule has 27 heavy (non-hydrogen) atoms. The second-order valence-electron chi connectivity index (χ2n) is 5.86. The van der Waals surface area contributed by atoms with Gasteiger partial charge in [0.05, 0.1) is 30.7 Å². The molecule has 0 unspecified atom stereocenters. The summed E-state index contributed by atoms with van der Waals surface area (Å²) in [5, 5.41) is 2.58. The molecule has 1 aliphatic heterocycles. The number of pyridine rings is 1. The number of halogens is 3. The molecule has 1 aliphatic rings. The van der Waals surface area contributed by atoms with Gasteiger partial charge in [-0.05, 0) is 36.4 Å². The first-order valence-electron chi connectivity index (χ1n) is 8.30. The van der Waals surface area contributed by atoms with Crippen molar-refractivity contribution >= 4 is 17.4 Å². The minimum absolute atomic E-state index is 0.175. The van der Waals surface area contributed by atoms with Crippen molar-refractivity contribution in [1.29, 1.82) is 0 Å². The summed E-state index contributed by atoms with van der Waals surface area (Å²) in [6.45, 7) is 2.57. The number of amides is 1. The van der Waals surface area contributed by atoms with E-state index in [0.29, 0.717) is 19.0 Å². The van der Waals surface area contributed by atoms with Gasteiger partial charge in [0.1, 0.15) is 11.6 Å². The monoisotopic (exact) mass is 381 g/mol. The number of nitrogens with one attached hydrogen (secondary N) is 1. The molecule has 144 valence electrons. The Kier molecular flexibility index (Phi) is 5.80. The van der Waals surface area contributed by atoms with Gasteiger partial charge in [0.15, 0.2) is 6.61 Å². The Bertz CT molecular complexity index is 758. The topological polar surface area (TPSA) is 63.7 Å². The van der Waals surface area contributed by atoms with Crippen LogP contribution in [0.2, 0.25) is 0 Å². The lowest BCUT2D eigenvalue weighted by atomic mass is 10.2. The normalized spacial score (nSPS) is 14.7. The summed E-state index contributed by atoms with van der Waals surface area (Å²) in [6, 6.07) is 7.68. The zero-order valence-corrected chi connectivity index (χ0v) is 14.3. The molecule has 1 fully saturated rings. The highest BCUT2D eigenvalue weighted by Gasteiger charge is 2.30. The maximum absolute atomic E-state index is 12.5. The molecule has 0 bridgehead atoms. The standard InChI is InChI=1S/C18H18F3N3O3/c19-18(20,21)13-1-4-15(5-2-13)27-12-17(25)23-16-6-3-14(11-22-16)24-7-9-26-10-8-24/h1-6,11H,7-10,12H2,(H,22,23,25). The summed E-state index contributed by atoms with van der Waals surface area (Å²) in [6.07, 6.45) is -2.74. The van der Waals surface area contributed by atoms with Crippen molar-refractivity contribution in [2.24, 2.45) is 0 Å². The second-order valence-corrected chi connectivity index (χ2v) is 5.86. The SMILES string of the molecule is O=C(COc1ccc(C(F)(F)F)cc1)Nc1ccc(N2CCOCC2)cn1. The summed E-state index contributed by atoms with van der Waals surface area (Å²) in [5.74, 6) is 0.0864. The van der Waals surface area contributed by atoms with Crippen LogP contribution in [0.1, 0.15) is 5.56 Å². The molecule has 1 aromatic carbocycles. The fraction of sp³-hybridized carbons (Fsp3) is 0.333. The van der Waals surface area contributed by atoms with Crippen LogP contribution in [0, 0.1) is 0 Å². The Labute approximate surface area is 153 Å². The van der Waals surface area contributed by atoms with E-state index in [1.807, 2.05) is 6.07 Å². The van der Waals surface area contributed by atoms with Gasteiger partial charge in [-0.2, -0.15) is 13.2 Å². The van der Waals surface area contributed by atoms with Crippen molar-refractivity contribution < 1.29 is 27.4 Å². The van der Waals surface area contributed by atoms with Gasteiger partial charge in [0, 0.05) is 13.1 Å². The number of benzene rings is 1. The lowest BCUT2D eigenvalue weighted by Gasteiger charge is -2.28. The van der Waals surface area contributed by atoms with E-state index in [9.17, 15) is 18.0 Å². The maximum Gasteiger partial charge on any atom is 0.416 e. The van der Waals surface area contributed by atoms with Crippen molar-refractivity contribution in [3.8, 4) is 5.75 Å². The van der Waals surface area contributed by atoms with Crippen LogP contribution in [0.25, 0.3) is 0 Å². The summed E-state index contributed by atoms with van der Waals surface area (Å²) >= 11 is 0. The predicted molar refractivity (Wildman–Crippen MR) is 92.8 cm³/mol. The number of hydrogen-bond acceptors (Lipinski definition) is 5. The molecular weight excluding hydrogens is 363 g/mol. The van der Waals surface area contributed by atoms with Crippen LogP contribution in [-0.2, 0) is 15.7 Å². The highest BCUT2D eigenvalue weighted by molar-refractivity contribution is 5.91. The molecule has 1 amide bonds. The molecule has 2 heterocycles. The summed E-state index contributed by atoms with van der Waals surface area (Å²) in [5.41, 5.74) is 0.168. The fourth-order valence-electron chi connectivity index (χ4n) is 2.54. The van der Waals surface area contributed by atoms with Gasteiger partial charge in [0.2, 0.25) is 0 Å². The Balaban J connectivity index is 1.49. The Morgan fingerprint density at radius 2 is 1.85 bits per heavy atom. The van der Waals surface area contributed by atoms with Gasteiger partial charge in [-0.3, -0.25) is 4.79 Å². The molecule has 3 rings (SSSR count). The molecule has 1 saturated heterocycles. The number of ether oxygens (including phenoxy) is 2. The number of carbonyl (C=O) groups is 1. The van der Waals surface area contributed by atoms with Crippen LogP contribution in [0.15, 0.2) is 42.6 Å². The summed E-state index contributed by atoms with van der Waals surface area (Å²) in [4.78, 5) is 18.2. The van der Waals surface area contributed by atoms with Gasteiger partial charge in [-0.1, -0.05) is 0 Å².